The molecule has 1 saturated heterocycles. The van der Waals surface area contributed by atoms with Crippen molar-refractivity contribution >= 4 is 35.8 Å². The van der Waals surface area contributed by atoms with Crippen LogP contribution in [-0.2, 0) is 23.8 Å². The van der Waals surface area contributed by atoms with Crippen LogP contribution in [0.1, 0.15) is 68.8 Å². The molecule has 1 heterocycles. The van der Waals surface area contributed by atoms with Crippen molar-refractivity contribution in [1.82, 2.24) is 20.9 Å². The minimum absolute atomic E-state index is 0.0491. The van der Waals surface area contributed by atoms with Gasteiger partial charge < -0.3 is 29.7 Å². The van der Waals surface area contributed by atoms with E-state index in [1.807, 2.05) is 0 Å². The maximum absolute atomic E-state index is 12.8. The number of piperidine rings is 1. The fourth-order valence-electron chi connectivity index (χ4n) is 3.94. The van der Waals surface area contributed by atoms with E-state index in [1.54, 1.807) is 18.7 Å². The molecule has 1 fully saturated rings. The van der Waals surface area contributed by atoms with Crippen LogP contribution >= 0.6 is 0 Å². The van der Waals surface area contributed by atoms with Crippen molar-refractivity contribution in [1.29, 1.82) is 5.41 Å². The van der Waals surface area contributed by atoms with Crippen LogP contribution in [0.3, 0.4) is 0 Å². The predicted molar refractivity (Wildman–Crippen MR) is 140 cm³/mol. The molecule has 1 atom stereocenters. The van der Waals surface area contributed by atoms with Gasteiger partial charge in [0, 0.05) is 50.4 Å². The van der Waals surface area contributed by atoms with Gasteiger partial charge in [-0.25, -0.2) is 9.59 Å². The summed E-state index contributed by atoms with van der Waals surface area (Å²) in [4.78, 5) is 61.8. The molecule has 1 aliphatic heterocycles. The van der Waals surface area contributed by atoms with Crippen LogP contribution in [0.4, 0.5) is 9.59 Å². The van der Waals surface area contributed by atoms with Crippen molar-refractivity contribution < 1.29 is 38.2 Å². The predicted octanol–water partition coefficient (Wildman–Crippen LogP) is 2.28. The van der Waals surface area contributed by atoms with E-state index in [1.165, 1.54) is 31.2 Å². The zero-order chi connectivity index (χ0) is 28.8. The van der Waals surface area contributed by atoms with Crippen LogP contribution in [0, 0.1) is 5.41 Å². The maximum Gasteiger partial charge on any atom is 0.412 e. The van der Waals surface area contributed by atoms with E-state index in [-0.39, 0.29) is 55.4 Å². The second kappa shape index (κ2) is 15.9. The van der Waals surface area contributed by atoms with Crippen LogP contribution < -0.4 is 16.0 Å². The number of carbonyl (C=O) groups excluding carboxylic acids is 5. The van der Waals surface area contributed by atoms with E-state index in [2.05, 4.69) is 16.0 Å². The number of carbonyl (C=O) groups is 5. The van der Waals surface area contributed by atoms with E-state index in [4.69, 9.17) is 19.6 Å². The Morgan fingerprint density at radius 3 is 2.13 bits per heavy atom. The minimum Gasteiger partial charge on any atom is -0.462 e. The highest BCUT2D eigenvalue weighted by Crippen LogP contribution is 2.16. The summed E-state index contributed by atoms with van der Waals surface area (Å²) < 4.78 is 14.9. The number of amidine groups is 1. The Kier molecular flexibility index (Phi) is 12.7. The van der Waals surface area contributed by atoms with Gasteiger partial charge in [-0.1, -0.05) is 12.1 Å². The first-order valence-corrected chi connectivity index (χ1v) is 12.9. The van der Waals surface area contributed by atoms with E-state index in [0.29, 0.717) is 37.9 Å². The van der Waals surface area contributed by atoms with Crippen molar-refractivity contribution in [3.8, 4) is 0 Å². The summed E-state index contributed by atoms with van der Waals surface area (Å²) in [6, 6.07) is 5.97. The summed E-state index contributed by atoms with van der Waals surface area (Å²) in [5, 5.41) is 15.6. The molecular weight excluding hydrogens is 510 g/mol. The zero-order valence-electron chi connectivity index (χ0n) is 22.5. The van der Waals surface area contributed by atoms with Crippen LogP contribution in [0.2, 0.25) is 0 Å². The van der Waals surface area contributed by atoms with E-state index in [9.17, 15) is 24.0 Å². The molecule has 0 saturated carbocycles. The number of benzene rings is 1. The Balaban J connectivity index is 1.90. The molecule has 13 nitrogen and oxygen atoms in total. The highest BCUT2D eigenvalue weighted by atomic mass is 16.6. The standard InChI is InChI=1S/C26H37N5O8/c1-4-37-25(35)29-21(7-6-8-22(33)31-15-13-20(14-16-31)39-17(3)32)28-24(34)19-11-9-18(10-12-19)23(27)30-26(36)38-5-2/h9-12,20-21H,4-8,13-16H2,1-3H3,(H,28,34)(H,29,35)(H2,27,30,36). The van der Waals surface area contributed by atoms with Crippen LogP contribution in [0.15, 0.2) is 24.3 Å². The number of nitrogens with one attached hydrogen (secondary N) is 4. The van der Waals surface area contributed by atoms with Crippen molar-refractivity contribution in [3.05, 3.63) is 35.4 Å². The number of esters is 1. The highest BCUT2D eigenvalue weighted by molar-refractivity contribution is 6.05. The van der Waals surface area contributed by atoms with Gasteiger partial charge in [0.15, 0.2) is 0 Å². The molecular formula is C26H37N5O8. The summed E-state index contributed by atoms with van der Waals surface area (Å²) in [5.41, 5.74) is 0.640. The number of hydrogen-bond acceptors (Lipinski definition) is 9. The average molecular weight is 548 g/mol. The molecule has 0 bridgehead atoms. The normalized spacial score (nSPS) is 14.0. The molecule has 0 aliphatic carbocycles. The lowest BCUT2D eigenvalue weighted by molar-refractivity contribution is -0.149. The lowest BCUT2D eigenvalue weighted by atomic mass is 10.1. The third-order valence-electron chi connectivity index (χ3n) is 5.82. The number of amides is 4. The molecule has 0 aromatic heterocycles. The van der Waals surface area contributed by atoms with Gasteiger partial charge in [0.25, 0.3) is 5.91 Å². The van der Waals surface area contributed by atoms with Crippen molar-refractivity contribution in [2.24, 2.45) is 0 Å². The van der Waals surface area contributed by atoms with Gasteiger partial charge in [0.1, 0.15) is 18.1 Å². The third-order valence-corrected chi connectivity index (χ3v) is 5.82. The number of hydrogen-bond donors (Lipinski definition) is 4. The summed E-state index contributed by atoms with van der Waals surface area (Å²) in [5.74, 6) is -1.04. The SMILES string of the molecule is CCOC(=O)NC(=N)c1ccc(C(=O)NC(CCCC(=O)N2CCC(OC(C)=O)CC2)NC(=O)OCC)cc1. The molecule has 2 rings (SSSR count). The lowest BCUT2D eigenvalue weighted by Crippen LogP contribution is -2.48. The van der Waals surface area contributed by atoms with Gasteiger partial charge in [0.05, 0.1) is 13.2 Å². The Morgan fingerprint density at radius 1 is 0.949 bits per heavy atom. The van der Waals surface area contributed by atoms with E-state index < -0.39 is 24.3 Å². The summed E-state index contributed by atoms with van der Waals surface area (Å²) in [7, 11) is 0. The largest absolute Gasteiger partial charge is 0.462 e. The second-order valence-corrected chi connectivity index (χ2v) is 8.77. The molecule has 1 unspecified atom stereocenters. The molecule has 1 aromatic rings. The van der Waals surface area contributed by atoms with E-state index in [0.717, 1.165) is 0 Å². The van der Waals surface area contributed by atoms with Gasteiger partial charge in [0.2, 0.25) is 5.91 Å². The molecule has 0 radical (unpaired) electrons. The zero-order valence-corrected chi connectivity index (χ0v) is 22.5. The maximum atomic E-state index is 12.8. The number of ether oxygens (including phenoxy) is 3. The quantitative estimate of drug-likeness (QED) is 0.107. The Bertz CT molecular complexity index is 1020. The monoisotopic (exact) mass is 547 g/mol. The highest BCUT2D eigenvalue weighted by Gasteiger charge is 2.25. The molecule has 1 aromatic carbocycles. The van der Waals surface area contributed by atoms with Crippen molar-refractivity contribution in [2.45, 2.75) is 65.1 Å². The summed E-state index contributed by atoms with van der Waals surface area (Å²) in [6.07, 6.45) is -0.327. The first-order chi connectivity index (χ1) is 18.6. The van der Waals surface area contributed by atoms with Gasteiger partial charge in [-0.2, -0.15) is 0 Å². The van der Waals surface area contributed by atoms with Gasteiger partial charge in [-0.15, -0.1) is 0 Å². The van der Waals surface area contributed by atoms with E-state index >= 15 is 0 Å². The molecule has 4 amide bonds. The van der Waals surface area contributed by atoms with Gasteiger partial charge >= 0.3 is 18.2 Å². The first kappa shape index (κ1) is 31.1. The fourth-order valence-corrected chi connectivity index (χ4v) is 3.94. The van der Waals surface area contributed by atoms with Crippen LogP contribution in [-0.4, -0.2) is 79.3 Å². The molecule has 214 valence electrons. The fraction of sp³-hybridized carbons (Fsp3) is 0.538. The minimum atomic E-state index is -0.789. The third kappa shape index (κ3) is 11.0. The topological polar surface area (TPSA) is 176 Å². The average Bonchev–Trinajstić information content (AvgIpc) is 2.89. The van der Waals surface area contributed by atoms with Crippen LogP contribution in [0.25, 0.3) is 0 Å². The van der Waals surface area contributed by atoms with Crippen LogP contribution in [0.5, 0.6) is 0 Å². The number of rotatable bonds is 11. The van der Waals surface area contributed by atoms with Crippen molar-refractivity contribution in [3.63, 3.8) is 0 Å². The molecule has 1 aliphatic rings. The Labute approximate surface area is 227 Å². The Morgan fingerprint density at radius 2 is 1.54 bits per heavy atom. The summed E-state index contributed by atoms with van der Waals surface area (Å²) >= 11 is 0. The molecule has 0 spiro atoms. The molecule has 39 heavy (non-hydrogen) atoms. The first-order valence-electron chi connectivity index (χ1n) is 12.9. The van der Waals surface area contributed by atoms with Gasteiger partial charge in [-0.05, 0) is 38.8 Å². The Hall–Kier alpha value is -4.16. The number of alkyl carbamates (subject to hydrolysis) is 2. The molecule has 4 N–H and O–H groups in total. The molecule has 13 heteroatoms. The lowest BCUT2D eigenvalue weighted by Gasteiger charge is -2.31. The van der Waals surface area contributed by atoms with Crippen molar-refractivity contribution in [2.75, 3.05) is 26.3 Å². The number of nitrogens with zero attached hydrogens (tertiary/aromatic N) is 1. The van der Waals surface area contributed by atoms with Gasteiger partial charge in [-0.3, -0.25) is 25.1 Å². The smallest absolute Gasteiger partial charge is 0.412 e. The number of likely N-dealkylation sites (tertiary alicyclic amines) is 1. The second-order valence-electron chi connectivity index (χ2n) is 8.77. The summed E-state index contributed by atoms with van der Waals surface area (Å²) in [6.45, 7) is 6.00.